The molecule has 0 unspecified atom stereocenters. The Bertz CT molecular complexity index is 360. The van der Waals surface area contributed by atoms with Crippen LogP contribution in [-0.2, 0) is 0 Å². The fraction of sp³-hybridized carbons (Fsp3) is 0.545. The highest BCUT2D eigenvalue weighted by molar-refractivity contribution is 7.18. The van der Waals surface area contributed by atoms with Crippen LogP contribution in [0, 0.1) is 5.92 Å². The van der Waals surface area contributed by atoms with Crippen LogP contribution in [0.1, 0.15) is 30.4 Å². The second kappa shape index (κ2) is 5.75. The maximum absolute atomic E-state index is 11.6. The first-order valence-electron chi connectivity index (χ1n) is 5.46. The summed E-state index contributed by atoms with van der Waals surface area (Å²) in [6.45, 7) is 7.66. The third kappa shape index (κ3) is 3.41. The average molecular weight is 241 g/mol. The van der Waals surface area contributed by atoms with Gasteiger partial charge >= 0.3 is 0 Å². The van der Waals surface area contributed by atoms with Crippen molar-refractivity contribution in [2.24, 2.45) is 5.92 Å². The fourth-order valence-electron chi connectivity index (χ4n) is 1.22. The van der Waals surface area contributed by atoms with Crippen LogP contribution in [0.25, 0.3) is 0 Å². The molecule has 5 heteroatoms. The van der Waals surface area contributed by atoms with Crippen molar-refractivity contribution >= 4 is 27.9 Å². The molecule has 0 aliphatic rings. The lowest BCUT2D eigenvalue weighted by Crippen LogP contribution is -2.22. The van der Waals surface area contributed by atoms with Crippen LogP contribution < -0.4 is 16.4 Å². The Hall–Kier alpha value is -1.23. The summed E-state index contributed by atoms with van der Waals surface area (Å²) in [6, 6.07) is 1.82. The van der Waals surface area contributed by atoms with Crippen molar-refractivity contribution in [2.75, 3.05) is 24.1 Å². The lowest BCUT2D eigenvalue weighted by molar-refractivity contribution is 0.0960. The molecule has 0 spiro atoms. The van der Waals surface area contributed by atoms with E-state index in [1.54, 1.807) is 0 Å². The molecule has 0 aliphatic carbocycles. The summed E-state index contributed by atoms with van der Waals surface area (Å²) in [5.74, 6) is 0.471. The van der Waals surface area contributed by atoms with Gasteiger partial charge in [-0.3, -0.25) is 4.79 Å². The van der Waals surface area contributed by atoms with E-state index in [9.17, 15) is 4.79 Å². The van der Waals surface area contributed by atoms with Crippen LogP contribution in [0.15, 0.2) is 6.07 Å². The molecule has 4 N–H and O–H groups in total. The molecule has 16 heavy (non-hydrogen) atoms. The minimum atomic E-state index is -0.0948. The Morgan fingerprint density at radius 2 is 2.25 bits per heavy atom. The molecule has 0 saturated carbocycles. The molecule has 0 atom stereocenters. The molecule has 0 bridgehead atoms. The van der Waals surface area contributed by atoms with Gasteiger partial charge < -0.3 is 16.4 Å². The van der Waals surface area contributed by atoms with Crippen LogP contribution >= 0.6 is 11.3 Å². The molecule has 1 amide bonds. The molecule has 4 nitrogen and oxygen atoms in total. The van der Waals surface area contributed by atoms with Gasteiger partial charge in [-0.2, -0.15) is 0 Å². The van der Waals surface area contributed by atoms with Crippen LogP contribution in [-0.4, -0.2) is 19.0 Å². The number of hydrogen-bond donors (Lipinski definition) is 3. The summed E-state index contributed by atoms with van der Waals surface area (Å²) in [5, 5.41) is 6.96. The highest BCUT2D eigenvalue weighted by atomic mass is 32.1. The highest BCUT2D eigenvalue weighted by Crippen LogP contribution is 2.29. The predicted octanol–water partition coefficient (Wildman–Crippen LogP) is 2.15. The number of amides is 1. The molecule has 1 aromatic rings. The third-order valence-corrected chi connectivity index (χ3v) is 3.10. The maximum Gasteiger partial charge on any atom is 0.263 e. The van der Waals surface area contributed by atoms with E-state index in [0.29, 0.717) is 23.0 Å². The lowest BCUT2D eigenvalue weighted by Gasteiger charge is -2.05. The van der Waals surface area contributed by atoms with Crippen molar-refractivity contribution in [1.82, 2.24) is 5.32 Å². The van der Waals surface area contributed by atoms with Gasteiger partial charge in [-0.15, -0.1) is 11.3 Å². The summed E-state index contributed by atoms with van der Waals surface area (Å²) in [7, 11) is 0. The zero-order valence-electron chi connectivity index (χ0n) is 9.96. The van der Waals surface area contributed by atoms with Crippen LogP contribution in [0.4, 0.5) is 10.7 Å². The van der Waals surface area contributed by atoms with E-state index in [0.717, 1.165) is 11.5 Å². The Morgan fingerprint density at radius 3 is 2.81 bits per heavy atom. The number of nitrogen functional groups attached to an aromatic ring is 1. The molecule has 0 saturated heterocycles. The second-order valence-corrected chi connectivity index (χ2v) is 5.08. The Morgan fingerprint density at radius 1 is 1.56 bits per heavy atom. The normalized spacial score (nSPS) is 10.5. The summed E-state index contributed by atoms with van der Waals surface area (Å²) in [6.07, 6.45) is 0. The van der Waals surface area contributed by atoms with E-state index in [1.807, 2.05) is 13.0 Å². The fourth-order valence-corrected chi connectivity index (χ4v) is 2.12. The number of nitrogens with two attached hydrogens (primary N) is 1. The van der Waals surface area contributed by atoms with Crippen molar-refractivity contribution in [1.29, 1.82) is 0 Å². The Kier molecular flexibility index (Phi) is 4.61. The first kappa shape index (κ1) is 12.8. The average Bonchev–Trinajstić information content (AvgIpc) is 2.57. The van der Waals surface area contributed by atoms with Crippen molar-refractivity contribution in [2.45, 2.75) is 20.8 Å². The van der Waals surface area contributed by atoms with Crippen molar-refractivity contribution in [3.05, 3.63) is 10.9 Å². The molecule has 0 radical (unpaired) electrons. The number of thiophene rings is 1. The standard InChI is InChI=1S/C11H19N3OS/c1-4-13-11(15)10-8(12)5-9(16-10)14-6-7(2)3/h5,7,14H,4,6,12H2,1-3H3,(H,13,15). The Labute approximate surface area is 100 Å². The van der Waals surface area contributed by atoms with Crippen LogP contribution in [0.5, 0.6) is 0 Å². The molecule has 0 aromatic carbocycles. The van der Waals surface area contributed by atoms with Gasteiger partial charge in [-0.05, 0) is 18.9 Å². The quantitative estimate of drug-likeness (QED) is 0.740. The summed E-state index contributed by atoms with van der Waals surface area (Å²) >= 11 is 1.40. The van der Waals surface area contributed by atoms with E-state index >= 15 is 0 Å². The van der Waals surface area contributed by atoms with Gasteiger partial charge in [0.25, 0.3) is 5.91 Å². The van der Waals surface area contributed by atoms with Crippen molar-refractivity contribution < 1.29 is 4.79 Å². The van der Waals surface area contributed by atoms with Gasteiger partial charge in [0, 0.05) is 13.1 Å². The highest BCUT2D eigenvalue weighted by Gasteiger charge is 2.13. The Balaban J connectivity index is 2.69. The SMILES string of the molecule is CCNC(=O)c1sc(NCC(C)C)cc1N. The first-order chi connectivity index (χ1) is 7.54. The predicted molar refractivity (Wildman–Crippen MR) is 70.1 cm³/mol. The number of carbonyl (C=O) groups is 1. The second-order valence-electron chi connectivity index (χ2n) is 4.03. The van der Waals surface area contributed by atoms with Gasteiger partial charge in [-0.25, -0.2) is 0 Å². The van der Waals surface area contributed by atoms with Gasteiger partial charge in [0.1, 0.15) is 4.88 Å². The summed E-state index contributed by atoms with van der Waals surface area (Å²) < 4.78 is 0. The largest absolute Gasteiger partial charge is 0.397 e. The number of carbonyl (C=O) groups excluding carboxylic acids is 1. The third-order valence-electron chi connectivity index (χ3n) is 1.99. The van der Waals surface area contributed by atoms with Gasteiger partial charge in [0.15, 0.2) is 0 Å². The molecule has 1 heterocycles. The number of rotatable bonds is 5. The van der Waals surface area contributed by atoms with Gasteiger partial charge in [0.05, 0.1) is 10.7 Å². The van der Waals surface area contributed by atoms with E-state index in [-0.39, 0.29) is 5.91 Å². The molecule has 1 rings (SSSR count). The van der Waals surface area contributed by atoms with E-state index in [2.05, 4.69) is 24.5 Å². The number of nitrogens with one attached hydrogen (secondary N) is 2. The zero-order chi connectivity index (χ0) is 12.1. The van der Waals surface area contributed by atoms with Crippen molar-refractivity contribution in [3.8, 4) is 0 Å². The minimum absolute atomic E-state index is 0.0948. The van der Waals surface area contributed by atoms with Gasteiger partial charge in [0.2, 0.25) is 0 Å². The number of anilines is 2. The maximum atomic E-state index is 11.6. The molecular formula is C11H19N3OS. The van der Waals surface area contributed by atoms with Crippen molar-refractivity contribution in [3.63, 3.8) is 0 Å². The van der Waals surface area contributed by atoms with E-state index in [1.165, 1.54) is 11.3 Å². The molecule has 0 aliphatic heterocycles. The van der Waals surface area contributed by atoms with E-state index < -0.39 is 0 Å². The monoisotopic (exact) mass is 241 g/mol. The van der Waals surface area contributed by atoms with Gasteiger partial charge in [-0.1, -0.05) is 13.8 Å². The molecule has 1 aromatic heterocycles. The zero-order valence-corrected chi connectivity index (χ0v) is 10.8. The van der Waals surface area contributed by atoms with Crippen LogP contribution in [0.3, 0.4) is 0 Å². The lowest BCUT2D eigenvalue weighted by atomic mass is 10.2. The molecular weight excluding hydrogens is 222 g/mol. The summed E-state index contributed by atoms with van der Waals surface area (Å²) in [5.41, 5.74) is 6.33. The molecule has 0 fully saturated rings. The number of hydrogen-bond acceptors (Lipinski definition) is 4. The van der Waals surface area contributed by atoms with E-state index in [4.69, 9.17) is 5.73 Å². The topological polar surface area (TPSA) is 67.2 Å². The minimum Gasteiger partial charge on any atom is -0.397 e. The molecule has 90 valence electrons. The summed E-state index contributed by atoms with van der Waals surface area (Å²) in [4.78, 5) is 12.2. The smallest absolute Gasteiger partial charge is 0.263 e. The van der Waals surface area contributed by atoms with Crippen LogP contribution in [0.2, 0.25) is 0 Å². The first-order valence-corrected chi connectivity index (χ1v) is 6.27.